The van der Waals surface area contributed by atoms with Crippen molar-refractivity contribution in [2.75, 3.05) is 0 Å². The van der Waals surface area contributed by atoms with Crippen LogP contribution in [-0.4, -0.2) is 9.97 Å². The molecule has 0 unspecified atom stereocenters. The first kappa shape index (κ1) is 15.1. The second kappa shape index (κ2) is 6.54. The maximum atomic E-state index is 11.7. The Morgan fingerprint density at radius 1 is 1.00 bits per heavy atom. The lowest BCUT2D eigenvalue weighted by atomic mass is 10.1. The Bertz CT molecular complexity index is 929. The average molecular weight is 329 g/mol. The van der Waals surface area contributed by atoms with Crippen LogP contribution in [0.3, 0.4) is 0 Å². The Morgan fingerprint density at radius 3 is 2.52 bits per heavy atom. The molecule has 116 valence electrons. The summed E-state index contributed by atoms with van der Waals surface area (Å²) in [5.41, 5.74) is 0.471. The third-order valence-corrected chi connectivity index (χ3v) is 3.49. The molecule has 1 aromatic heterocycles. The highest BCUT2D eigenvalue weighted by atomic mass is 35.5. The van der Waals surface area contributed by atoms with Gasteiger partial charge in [0.05, 0.1) is 0 Å². The van der Waals surface area contributed by atoms with Gasteiger partial charge >= 0.3 is 5.69 Å². The van der Waals surface area contributed by atoms with Crippen LogP contribution in [0.4, 0.5) is 0 Å². The van der Waals surface area contributed by atoms with E-state index in [-0.39, 0.29) is 0 Å². The molecule has 0 saturated heterocycles. The number of halogens is 1. The van der Waals surface area contributed by atoms with Crippen LogP contribution in [0.1, 0.15) is 11.1 Å². The highest BCUT2D eigenvalue weighted by Gasteiger charge is 2.04. The smallest absolute Gasteiger partial charge is 0.325 e. The standard InChI is InChI=1S/C17H13ClN2O3/c18-13-4-6-14(7-5-13)23-15-3-1-2-11(9-15)8-12-10-19-17(22)20-16(12)21/h1-7,9-10H,8H2,(H2,19,20,21,22). The van der Waals surface area contributed by atoms with Gasteiger partial charge in [0.15, 0.2) is 0 Å². The number of rotatable bonds is 4. The van der Waals surface area contributed by atoms with Crippen molar-refractivity contribution in [3.05, 3.63) is 91.7 Å². The average Bonchev–Trinajstić information content (AvgIpc) is 2.53. The van der Waals surface area contributed by atoms with Crippen LogP contribution in [-0.2, 0) is 6.42 Å². The second-order valence-electron chi connectivity index (χ2n) is 4.98. The Kier molecular flexibility index (Phi) is 4.30. The summed E-state index contributed by atoms with van der Waals surface area (Å²) in [6.45, 7) is 0. The number of hydrogen-bond acceptors (Lipinski definition) is 3. The van der Waals surface area contributed by atoms with Gasteiger partial charge in [0, 0.05) is 23.2 Å². The third kappa shape index (κ3) is 3.90. The van der Waals surface area contributed by atoms with E-state index in [0.29, 0.717) is 28.5 Å². The molecule has 0 radical (unpaired) electrons. The summed E-state index contributed by atoms with van der Waals surface area (Å²) in [6.07, 6.45) is 1.82. The van der Waals surface area contributed by atoms with Gasteiger partial charge in [0.2, 0.25) is 0 Å². The lowest BCUT2D eigenvalue weighted by molar-refractivity contribution is 0.482. The predicted octanol–water partition coefficient (Wildman–Crippen LogP) is 3.10. The van der Waals surface area contributed by atoms with Gasteiger partial charge in [0.25, 0.3) is 5.56 Å². The van der Waals surface area contributed by atoms with E-state index in [9.17, 15) is 9.59 Å². The zero-order valence-corrected chi connectivity index (χ0v) is 12.8. The number of hydrogen-bond donors (Lipinski definition) is 2. The van der Waals surface area contributed by atoms with Crippen LogP contribution >= 0.6 is 11.6 Å². The minimum Gasteiger partial charge on any atom is -0.457 e. The maximum absolute atomic E-state index is 11.7. The Hall–Kier alpha value is -2.79. The molecule has 0 saturated carbocycles. The van der Waals surface area contributed by atoms with E-state index in [2.05, 4.69) is 9.97 Å². The molecule has 0 atom stereocenters. The van der Waals surface area contributed by atoms with Crippen LogP contribution in [0.5, 0.6) is 11.5 Å². The number of aromatic nitrogens is 2. The molecular weight excluding hydrogens is 316 g/mol. The first-order chi connectivity index (χ1) is 11.1. The number of H-pyrrole nitrogens is 2. The number of nitrogens with one attached hydrogen (secondary N) is 2. The molecule has 0 amide bonds. The second-order valence-corrected chi connectivity index (χ2v) is 5.41. The fourth-order valence-corrected chi connectivity index (χ4v) is 2.27. The molecule has 23 heavy (non-hydrogen) atoms. The monoisotopic (exact) mass is 328 g/mol. The SMILES string of the molecule is O=c1[nH]cc(Cc2cccc(Oc3ccc(Cl)cc3)c2)c(=O)[nH]1. The molecule has 2 N–H and O–H groups in total. The van der Waals surface area contributed by atoms with Crippen molar-refractivity contribution in [1.82, 2.24) is 9.97 Å². The summed E-state index contributed by atoms with van der Waals surface area (Å²) < 4.78 is 5.76. The van der Waals surface area contributed by atoms with Crippen molar-refractivity contribution in [1.29, 1.82) is 0 Å². The fraction of sp³-hybridized carbons (Fsp3) is 0.0588. The van der Waals surface area contributed by atoms with Crippen LogP contribution in [0.2, 0.25) is 5.02 Å². The van der Waals surface area contributed by atoms with E-state index < -0.39 is 11.2 Å². The van der Waals surface area contributed by atoms with Crippen molar-refractivity contribution in [2.24, 2.45) is 0 Å². The molecule has 3 aromatic rings. The molecule has 6 heteroatoms. The predicted molar refractivity (Wildman–Crippen MR) is 88.5 cm³/mol. The Balaban J connectivity index is 1.80. The molecule has 0 bridgehead atoms. The van der Waals surface area contributed by atoms with Crippen LogP contribution in [0.15, 0.2) is 64.3 Å². The van der Waals surface area contributed by atoms with Gasteiger partial charge in [-0.3, -0.25) is 9.78 Å². The van der Waals surface area contributed by atoms with Crippen molar-refractivity contribution >= 4 is 11.6 Å². The molecule has 5 nitrogen and oxygen atoms in total. The van der Waals surface area contributed by atoms with Gasteiger partial charge in [-0.2, -0.15) is 0 Å². The molecule has 2 aromatic carbocycles. The molecule has 0 aliphatic heterocycles. The van der Waals surface area contributed by atoms with E-state index in [4.69, 9.17) is 16.3 Å². The van der Waals surface area contributed by atoms with Crippen molar-refractivity contribution < 1.29 is 4.74 Å². The van der Waals surface area contributed by atoms with Crippen LogP contribution in [0.25, 0.3) is 0 Å². The van der Waals surface area contributed by atoms with Gasteiger partial charge in [0.1, 0.15) is 11.5 Å². The molecule has 0 aliphatic carbocycles. The molecule has 1 heterocycles. The first-order valence-corrected chi connectivity index (χ1v) is 7.31. The van der Waals surface area contributed by atoms with Crippen LogP contribution < -0.4 is 16.0 Å². The quantitative estimate of drug-likeness (QED) is 0.772. The Morgan fingerprint density at radius 2 is 1.78 bits per heavy atom. The van der Waals surface area contributed by atoms with E-state index >= 15 is 0 Å². The van der Waals surface area contributed by atoms with Crippen molar-refractivity contribution in [3.63, 3.8) is 0 Å². The topological polar surface area (TPSA) is 75.0 Å². The fourth-order valence-electron chi connectivity index (χ4n) is 2.15. The maximum Gasteiger partial charge on any atom is 0.325 e. The number of aromatic amines is 2. The minimum atomic E-state index is -0.515. The van der Waals surface area contributed by atoms with E-state index in [1.807, 2.05) is 24.3 Å². The van der Waals surface area contributed by atoms with Crippen molar-refractivity contribution in [2.45, 2.75) is 6.42 Å². The minimum absolute atomic E-state index is 0.391. The van der Waals surface area contributed by atoms with E-state index in [0.717, 1.165) is 5.56 Å². The van der Waals surface area contributed by atoms with Gasteiger partial charge in [-0.15, -0.1) is 0 Å². The number of ether oxygens (including phenoxy) is 1. The molecule has 0 spiro atoms. The zero-order chi connectivity index (χ0) is 16.2. The highest BCUT2D eigenvalue weighted by molar-refractivity contribution is 6.30. The molecular formula is C17H13ClN2O3. The zero-order valence-electron chi connectivity index (χ0n) is 12.0. The van der Waals surface area contributed by atoms with Crippen LogP contribution in [0, 0.1) is 0 Å². The van der Waals surface area contributed by atoms with E-state index in [1.165, 1.54) is 6.20 Å². The van der Waals surface area contributed by atoms with E-state index in [1.54, 1.807) is 24.3 Å². The highest BCUT2D eigenvalue weighted by Crippen LogP contribution is 2.24. The van der Waals surface area contributed by atoms with Gasteiger partial charge in [-0.1, -0.05) is 23.7 Å². The van der Waals surface area contributed by atoms with Gasteiger partial charge in [-0.05, 0) is 42.0 Å². The Labute approximate surface area is 136 Å². The molecule has 0 aliphatic rings. The van der Waals surface area contributed by atoms with Gasteiger partial charge in [-0.25, -0.2) is 4.79 Å². The molecule has 3 rings (SSSR count). The van der Waals surface area contributed by atoms with Crippen molar-refractivity contribution in [3.8, 4) is 11.5 Å². The largest absolute Gasteiger partial charge is 0.457 e. The summed E-state index contributed by atoms with van der Waals surface area (Å²) in [6, 6.07) is 14.5. The van der Waals surface area contributed by atoms with Gasteiger partial charge < -0.3 is 9.72 Å². The first-order valence-electron chi connectivity index (χ1n) is 6.93. The summed E-state index contributed by atoms with van der Waals surface area (Å²) in [7, 11) is 0. The third-order valence-electron chi connectivity index (χ3n) is 3.24. The number of benzene rings is 2. The summed E-state index contributed by atoms with van der Waals surface area (Å²) in [4.78, 5) is 27.4. The summed E-state index contributed by atoms with van der Waals surface area (Å²) in [5.74, 6) is 1.33. The normalized spacial score (nSPS) is 10.5. The molecule has 0 fully saturated rings. The summed E-state index contributed by atoms with van der Waals surface area (Å²) >= 11 is 5.84. The lowest BCUT2D eigenvalue weighted by Crippen LogP contribution is -2.24. The lowest BCUT2D eigenvalue weighted by Gasteiger charge is -2.07. The summed E-state index contributed by atoms with van der Waals surface area (Å²) in [5, 5.41) is 0.642.